The Bertz CT molecular complexity index is 557. The summed E-state index contributed by atoms with van der Waals surface area (Å²) in [5, 5.41) is 5.23. The molecule has 2 saturated carbocycles. The van der Waals surface area contributed by atoms with E-state index in [1.165, 1.54) is 24.2 Å². The summed E-state index contributed by atoms with van der Waals surface area (Å²) in [4.78, 5) is 1.37. The summed E-state index contributed by atoms with van der Waals surface area (Å²) in [7, 11) is -3.35. The highest BCUT2D eigenvalue weighted by Crippen LogP contribution is 2.44. The normalized spacial score (nSPS) is 21.5. The first-order valence-corrected chi connectivity index (χ1v) is 9.14. The van der Waals surface area contributed by atoms with Gasteiger partial charge in [0.05, 0.1) is 4.90 Å². The molecule has 2 fully saturated rings. The Kier molecular flexibility index (Phi) is 3.45. The second-order valence-corrected chi connectivity index (χ2v) is 8.73. The molecule has 0 unspecified atom stereocenters. The van der Waals surface area contributed by atoms with Crippen molar-refractivity contribution in [2.75, 3.05) is 6.54 Å². The third kappa shape index (κ3) is 3.37. The number of hydrogen-bond donors (Lipinski definition) is 2. The zero-order valence-electron chi connectivity index (χ0n) is 11.1. The van der Waals surface area contributed by atoms with E-state index in [0.29, 0.717) is 24.0 Å². The summed E-state index contributed by atoms with van der Waals surface area (Å²) in [6.07, 6.45) is 4.67. The van der Waals surface area contributed by atoms with Crippen molar-refractivity contribution in [3.63, 3.8) is 0 Å². The average molecular weight is 300 g/mol. The zero-order valence-corrected chi connectivity index (χ0v) is 12.7. The second kappa shape index (κ2) is 4.84. The summed E-state index contributed by atoms with van der Waals surface area (Å²) in [5.74, 6) is 0. The van der Waals surface area contributed by atoms with Crippen LogP contribution in [0, 0.1) is 5.41 Å². The lowest BCUT2D eigenvalue weighted by Crippen LogP contribution is -2.30. The van der Waals surface area contributed by atoms with Crippen LogP contribution in [0.2, 0.25) is 0 Å². The Morgan fingerprint density at radius 3 is 2.79 bits per heavy atom. The van der Waals surface area contributed by atoms with Crippen molar-refractivity contribution >= 4 is 21.4 Å². The molecule has 2 aliphatic carbocycles. The van der Waals surface area contributed by atoms with Crippen molar-refractivity contribution in [1.82, 2.24) is 10.0 Å². The first kappa shape index (κ1) is 13.5. The van der Waals surface area contributed by atoms with Crippen molar-refractivity contribution in [3.05, 3.63) is 16.3 Å². The van der Waals surface area contributed by atoms with Crippen LogP contribution in [0.25, 0.3) is 0 Å². The van der Waals surface area contributed by atoms with Gasteiger partial charge < -0.3 is 5.32 Å². The highest BCUT2D eigenvalue weighted by molar-refractivity contribution is 7.89. The van der Waals surface area contributed by atoms with Gasteiger partial charge in [-0.25, -0.2) is 13.1 Å². The smallest absolute Gasteiger partial charge is 0.241 e. The minimum Gasteiger partial charge on any atom is -0.309 e. The highest BCUT2D eigenvalue weighted by atomic mass is 32.2. The lowest BCUT2D eigenvalue weighted by atomic mass is 10.2. The third-order valence-corrected chi connectivity index (χ3v) is 6.45. The van der Waals surface area contributed by atoms with Gasteiger partial charge in [0, 0.05) is 24.0 Å². The molecule has 0 aromatic carbocycles. The van der Waals surface area contributed by atoms with Crippen LogP contribution in [0.5, 0.6) is 0 Å². The Morgan fingerprint density at radius 2 is 2.16 bits per heavy atom. The SMILES string of the molecule is CC1(CNS(=O)(=O)c2ccsc2CNC2CC2)CC1. The van der Waals surface area contributed by atoms with Gasteiger partial charge in [-0.05, 0) is 42.5 Å². The predicted molar refractivity (Wildman–Crippen MR) is 76.7 cm³/mol. The van der Waals surface area contributed by atoms with E-state index in [4.69, 9.17) is 0 Å². The molecule has 0 amide bonds. The summed E-state index contributed by atoms with van der Waals surface area (Å²) >= 11 is 1.51. The van der Waals surface area contributed by atoms with Crippen LogP contribution in [0.1, 0.15) is 37.5 Å². The summed E-state index contributed by atoms with van der Waals surface area (Å²) in [5.41, 5.74) is 0.190. The molecule has 0 atom stereocenters. The molecule has 0 saturated heterocycles. The zero-order chi connectivity index (χ0) is 13.5. The van der Waals surface area contributed by atoms with Crippen LogP contribution in [0.4, 0.5) is 0 Å². The quantitative estimate of drug-likeness (QED) is 0.810. The van der Waals surface area contributed by atoms with Crippen LogP contribution >= 0.6 is 11.3 Å². The molecule has 0 spiro atoms. The molecule has 1 aromatic rings. The number of nitrogens with one attached hydrogen (secondary N) is 2. The molecular formula is C13H20N2O2S2. The molecule has 4 nitrogen and oxygen atoms in total. The maximum Gasteiger partial charge on any atom is 0.241 e. The molecular weight excluding hydrogens is 280 g/mol. The topological polar surface area (TPSA) is 58.2 Å². The molecule has 0 radical (unpaired) electrons. The molecule has 1 aromatic heterocycles. The van der Waals surface area contributed by atoms with Crippen LogP contribution in [0.15, 0.2) is 16.3 Å². The Balaban J connectivity index is 1.66. The number of hydrogen-bond acceptors (Lipinski definition) is 4. The summed E-state index contributed by atoms with van der Waals surface area (Å²) in [6.45, 7) is 3.34. The third-order valence-electron chi connectivity index (χ3n) is 3.92. The molecule has 1 heterocycles. The van der Waals surface area contributed by atoms with Crippen LogP contribution < -0.4 is 10.0 Å². The lowest BCUT2D eigenvalue weighted by Gasteiger charge is -2.11. The second-order valence-electron chi connectivity index (χ2n) is 6.00. The van der Waals surface area contributed by atoms with Gasteiger partial charge in [-0.2, -0.15) is 0 Å². The van der Waals surface area contributed by atoms with Gasteiger partial charge in [0.1, 0.15) is 0 Å². The molecule has 2 N–H and O–H groups in total. The largest absolute Gasteiger partial charge is 0.309 e. The molecule has 19 heavy (non-hydrogen) atoms. The summed E-state index contributed by atoms with van der Waals surface area (Å²) in [6, 6.07) is 2.31. The lowest BCUT2D eigenvalue weighted by molar-refractivity contribution is 0.529. The highest BCUT2D eigenvalue weighted by Gasteiger charge is 2.38. The monoisotopic (exact) mass is 300 g/mol. The van der Waals surface area contributed by atoms with Gasteiger partial charge in [0.15, 0.2) is 0 Å². The van der Waals surface area contributed by atoms with Gasteiger partial charge in [0.25, 0.3) is 0 Å². The van der Waals surface area contributed by atoms with Gasteiger partial charge in [-0.15, -0.1) is 11.3 Å². The average Bonchev–Trinajstić information content (AvgIpc) is 3.27. The number of sulfonamides is 1. The molecule has 106 valence electrons. The van der Waals surface area contributed by atoms with E-state index in [1.807, 2.05) is 5.38 Å². The van der Waals surface area contributed by atoms with Crippen molar-refractivity contribution in [2.45, 2.75) is 50.1 Å². The predicted octanol–water partition coefficient (Wildman–Crippen LogP) is 2.08. The number of rotatable bonds is 7. The maximum absolute atomic E-state index is 12.3. The Labute approximate surface area is 118 Å². The van der Waals surface area contributed by atoms with Crippen molar-refractivity contribution in [2.24, 2.45) is 5.41 Å². The van der Waals surface area contributed by atoms with E-state index in [-0.39, 0.29) is 5.41 Å². The minimum absolute atomic E-state index is 0.190. The van der Waals surface area contributed by atoms with Gasteiger partial charge in [-0.1, -0.05) is 6.92 Å². The van der Waals surface area contributed by atoms with Crippen molar-refractivity contribution < 1.29 is 8.42 Å². The van der Waals surface area contributed by atoms with E-state index in [1.54, 1.807) is 6.07 Å². The van der Waals surface area contributed by atoms with Crippen LogP contribution in [0.3, 0.4) is 0 Å². The minimum atomic E-state index is -3.35. The van der Waals surface area contributed by atoms with Crippen LogP contribution in [-0.2, 0) is 16.6 Å². The molecule has 0 bridgehead atoms. The first-order valence-electron chi connectivity index (χ1n) is 6.78. The number of thiophene rings is 1. The Hall–Kier alpha value is -0.430. The van der Waals surface area contributed by atoms with E-state index in [0.717, 1.165) is 17.7 Å². The van der Waals surface area contributed by atoms with Gasteiger partial charge >= 0.3 is 0 Å². The van der Waals surface area contributed by atoms with E-state index >= 15 is 0 Å². The maximum atomic E-state index is 12.3. The fourth-order valence-corrected chi connectivity index (χ4v) is 4.55. The van der Waals surface area contributed by atoms with E-state index in [9.17, 15) is 8.42 Å². The first-order chi connectivity index (χ1) is 8.99. The fourth-order valence-electron chi connectivity index (χ4n) is 1.96. The molecule has 0 aliphatic heterocycles. The van der Waals surface area contributed by atoms with E-state index in [2.05, 4.69) is 17.0 Å². The molecule has 6 heteroatoms. The molecule has 2 aliphatic rings. The van der Waals surface area contributed by atoms with Gasteiger partial charge in [0.2, 0.25) is 10.0 Å². The molecule has 3 rings (SSSR count). The fraction of sp³-hybridized carbons (Fsp3) is 0.692. The standard InChI is InChI=1S/C13H20N2O2S2/c1-13(5-6-13)9-15-19(16,17)12-4-7-18-11(12)8-14-10-2-3-10/h4,7,10,14-15H,2-3,5-6,8-9H2,1H3. The van der Waals surface area contributed by atoms with Crippen molar-refractivity contribution in [1.29, 1.82) is 0 Å². The van der Waals surface area contributed by atoms with Crippen molar-refractivity contribution in [3.8, 4) is 0 Å². The van der Waals surface area contributed by atoms with Crippen LogP contribution in [-0.4, -0.2) is 21.0 Å². The van der Waals surface area contributed by atoms with E-state index < -0.39 is 10.0 Å². The van der Waals surface area contributed by atoms with Gasteiger partial charge in [-0.3, -0.25) is 0 Å². The summed E-state index contributed by atoms with van der Waals surface area (Å²) < 4.78 is 27.4. The Morgan fingerprint density at radius 1 is 1.42 bits per heavy atom.